The van der Waals surface area contributed by atoms with Crippen molar-refractivity contribution in [3.63, 3.8) is 0 Å². The van der Waals surface area contributed by atoms with E-state index in [1.807, 2.05) is 4.90 Å². The fourth-order valence-corrected chi connectivity index (χ4v) is 1.72. The fourth-order valence-electron chi connectivity index (χ4n) is 1.52. The van der Waals surface area contributed by atoms with Crippen LogP contribution in [-0.4, -0.2) is 29.2 Å². The normalized spacial score (nSPS) is 18.6. The molecule has 0 aromatic carbocycles. The smallest absolute Gasteiger partial charge is 0.225 e. The van der Waals surface area contributed by atoms with E-state index in [1.54, 1.807) is 12.4 Å². The number of anilines is 1. The predicted octanol–water partition coefficient (Wildman–Crippen LogP) is 2.18. The molecule has 1 fully saturated rings. The van der Waals surface area contributed by atoms with E-state index in [-0.39, 0.29) is 0 Å². The minimum Gasteiger partial charge on any atom is -0.341 e. The zero-order valence-electron chi connectivity index (χ0n) is 7.66. The summed E-state index contributed by atoms with van der Waals surface area (Å²) in [6, 6.07) is 0. The highest BCUT2D eigenvalue weighted by Crippen LogP contribution is 2.18. The molecule has 5 heteroatoms. The molecule has 2 rings (SSSR count). The average molecular weight is 260 g/mol. The molecule has 0 radical (unpaired) electrons. The van der Waals surface area contributed by atoms with Gasteiger partial charge in [-0.2, -0.15) is 0 Å². The van der Waals surface area contributed by atoms with Gasteiger partial charge in [0, 0.05) is 25.5 Å². The summed E-state index contributed by atoms with van der Waals surface area (Å²) in [4.78, 5) is 10.4. The van der Waals surface area contributed by atoms with Gasteiger partial charge in [-0.1, -0.05) is 0 Å². The third-order valence-corrected chi connectivity index (χ3v) is 2.72. The Labute approximate surface area is 90.5 Å². The Bertz CT molecular complexity index is 295. The van der Waals surface area contributed by atoms with Gasteiger partial charge in [0.05, 0.1) is 4.47 Å². The lowest BCUT2D eigenvalue weighted by Crippen LogP contribution is -2.35. The topological polar surface area (TPSA) is 29.0 Å². The van der Waals surface area contributed by atoms with Crippen molar-refractivity contribution in [1.82, 2.24) is 9.97 Å². The molecule has 0 atom stereocenters. The number of alkyl halides is 1. The molecule has 0 unspecified atom stereocenters. The number of rotatable bonds is 1. The van der Waals surface area contributed by atoms with E-state index in [0.29, 0.717) is 31.9 Å². The van der Waals surface area contributed by atoms with Gasteiger partial charge in [0.15, 0.2) is 0 Å². The molecule has 0 N–H and O–H groups in total. The zero-order chi connectivity index (χ0) is 9.97. The van der Waals surface area contributed by atoms with Crippen LogP contribution < -0.4 is 4.90 Å². The van der Waals surface area contributed by atoms with Crippen molar-refractivity contribution in [2.75, 3.05) is 18.0 Å². The highest BCUT2D eigenvalue weighted by atomic mass is 79.9. The molecule has 1 saturated heterocycles. The second-order valence-corrected chi connectivity index (χ2v) is 4.28. The standard InChI is InChI=1S/C9H11BrFN3/c10-7-5-12-9(13-6-7)14-3-1-8(11)2-4-14/h5-6,8H,1-4H2. The summed E-state index contributed by atoms with van der Waals surface area (Å²) < 4.78 is 13.7. The van der Waals surface area contributed by atoms with Crippen LogP contribution in [0.15, 0.2) is 16.9 Å². The second-order valence-electron chi connectivity index (χ2n) is 3.36. The summed E-state index contributed by atoms with van der Waals surface area (Å²) in [6.07, 6.45) is 3.94. The molecule has 1 aromatic heterocycles. The monoisotopic (exact) mass is 259 g/mol. The third-order valence-electron chi connectivity index (χ3n) is 2.31. The van der Waals surface area contributed by atoms with Gasteiger partial charge in [-0.3, -0.25) is 0 Å². The number of aromatic nitrogens is 2. The van der Waals surface area contributed by atoms with Crippen LogP contribution in [0.3, 0.4) is 0 Å². The minimum absolute atomic E-state index is 0.583. The molecule has 3 nitrogen and oxygen atoms in total. The van der Waals surface area contributed by atoms with Crippen LogP contribution in [0.4, 0.5) is 10.3 Å². The number of nitrogens with zero attached hydrogens (tertiary/aromatic N) is 3. The van der Waals surface area contributed by atoms with Crippen LogP contribution in [0.25, 0.3) is 0 Å². The Morgan fingerprint density at radius 3 is 2.43 bits per heavy atom. The molecule has 0 bridgehead atoms. The molecule has 0 saturated carbocycles. The maximum Gasteiger partial charge on any atom is 0.225 e. The van der Waals surface area contributed by atoms with Crippen molar-refractivity contribution >= 4 is 21.9 Å². The number of piperidine rings is 1. The summed E-state index contributed by atoms with van der Waals surface area (Å²) in [5.41, 5.74) is 0. The molecule has 14 heavy (non-hydrogen) atoms. The average Bonchev–Trinajstić information content (AvgIpc) is 2.21. The van der Waals surface area contributed by atoms with Gasteiger partial charge >= 0.3 is 0 Å². The van der Waals surface area contributed by atoms with Crippen LogP contribution in [0.2, 0.25) is 0 Å². The minimum atomic E-state index is -0.651. The van der Waals surface area contributed by atoms with Crippen LogP contribution >= 0.6 is 15.9 Å². The van der Waals surface area contributed by atoms with E-state index < -0.39 is 6.17 Å². The van der Waals surface area contributed by atoms with E-state index in [9.17, 15) is 4.39 Å². The van der Waals surface area contributed by atoms with Crippen molar-refractivity contribution in [1.29, 1.82) is 0 Å². The summed E-state index contributed by atoms with van der Waals surface area (Å²) in [7, 11) is 0. The lowest BCUT2D eigenvalue weighted by atomic mass is 10.1. The molecule has 76 valence electrons. The van der Waals surface area contributed by atoms with E-state index in [1.165, 1.54) is 0 Å². The Kier molecular flexibility index (Phi) is 2.96. The second kappa shape index (κ2) is 4.21. The number of hydrogen-bond donors (Lipinski definition) is 0. The third kappa shape index (κ3) is 2.20. The molecule has 0 spiro atoms. The SMILES string of the molecule is FC1CCN(c2ncc(Br)cn2)CC1. The fraction of sp³-hybridized carbons (Fsp3) is 0.556. The van der Waals surface area contributed by atoms with Crippen molar-refractivity contribution in [2.45, 2.75) is 19.0 Å². The number of hydrogen-bond acceptors (Lipinski definition) is 3. The van der Waals surface area contributed by atoms with Crippen LogP contribution in [0.5, 0.6) is 0 Å². The van der Waals surface area contributed by atoms with Gasteiger partial charge in [0.1, 0.15) is 6.17 Å². The highest BCUT2D eigenvalue weighted by Gasteiger charge is 2.19. The van der Waals surface area contributed by atoms with E-state index in [2.05, 4.69) is 25.9 Å². The largest absolute Gasteiger partial charge is 0.341 e. The summed E-state index contributed by atoms with van der Waals surface area (Å²) in [6.45, 7) is 1.42. The van der Waals surface area contributed by atoms with Gasteiger partial charge in [-0.15, -0.1) is 0 Å². The first-order valence-corrected chi connectivity index (χ1v) is 5.41. The van der Waals surface area contributed by atoms with Crippen molar-refractivity contribution in [3.05, 3.63) is 16.9 Å². The Balaban J connectivity index is 2.05. The number of halogens is 2. The molecule has 2 heterocycles. The lowest BCUT2D eigenvalue weighted by Gasteiger charge is -2.28. The first-order valence-electron chi connectivity index (χ1n) is 4.62. The quantitative estimate of drug-likeness (QED) is 0.774. The Hall–Kier alpha value is -0.710. The molecule has 0 aliphatic carbocycles. The van der Waals surface area contributed by atoms with Crippen LogP contribution in [0, 0.1) is 0 Å². The van der Waals surface area contributed by atoms with Gasteiger partial charge in [-0.05, 0) is 28.8 Å². The van der Waals surface area contributed by atoms with Crippen molar-refractivity contribution in [2.24, 2.45) is 0 Å². The summed E-state index contributed by atoms with van der Waals surface area (Å²) in [5.74, 6) is 0.695. The molecule has 0 amide bonds. The first kappa shape index (κ1) is 9.83. The van der Waals surface area contributed by atoms with E-state index >= 15 is 0 Å². The Morgan fingerprint density at radius 2 is 1.86 bits per heavy atom. The van der Waals surface area contributed by atoms with Crippen molar-refractivity contribution < 1.29 is 4.39 Å². The highest BCUT2D eigenvalue weighted by molar-refractivity contribution is 9.10. The van der Waals surface area contributed by atoms with Gasteiger partial charge in [0.2, 0.25) is 5.95 Å². The maximum absolute atomic E-state index is 12.9. The van der Waals surface area contributed by atoms with Crippen molar-refractivity contribution in [3.8, 4) is 0 Å². The van der Waals surface area contributed by atoms with Crippen LogP contribution in [-0.2, 0) is 0 Å². The molecule has 1 aliphatic heterocycles. The zero-order valence-corrected chi connectivity index (χ0v) is 9.24. The Morgan fingerprint density at radius 1 is 1.29 bits per heavy atom. The van der Waals surface area contributed by atoms with Gasteiger partial charge < -0.3 is 4.90 Å². The van der Waals surface area contributed by atoms with Gasteiger partial charge in [-0.25, -0.2) is 14.4 Å². The molecule has 1 aromatic rings. The van der Waals surface area contributed by atoms with E-state index in [4.69, 9.17) is 0 Å². The van der Waals surface area contributed by atoms with Gasteiger partial charge in [0.25, 0.3) is 0 Å². The maximum atomic E-state index is 12.9. The summed E-state index contributed by atoms with van der Waals surface area (Å²) >= 11 is 3.28. The van der Waals surface area contributed by atoms with Crippen LogP contribution in [0.1, 0.15) is 12.8 Å². The van der Waals surface area contributed by atoms with E-state index in [0.717, 1.165) is 4.47 Å². The molecule has 1 aliphatic rings. The lowest BCUT2D eigenvalue weighted by molar-refractivity contribution is 0.276. The summed E-state index contributed by atoms with van der Waals surface area (Å²) in [5, 5.41) is 0. The predicted molar refractivity (Wildman–Crippen MR) is 56.1 cm³/mol. The molecular formula is C9H11BrFN3. The molecular weight excluding hydrogens is 249 g/mol. The first-order chi connectivity index (χ1) is 6.75.